The Labute approximate surface area is 150 Å². The van der Waals surface area contributed by atoms with Gasteiger partial charge in [0.15, 0.2) is 0 Å². The number of halogens is 1. The van der Waals surface area contributed by atoms with Gasteiger partial charge in [-0.3, -0.25) is 0 Å². The molecular weight excluding hydrogens is 324 g/mol. The molecule has 1 atom stereocenters. The Bertz CT molecular complexity index is 502. The van der Waals surface area contributed by atoms with Gasteiger partial charge in [0.2, 0.25) is 0 Å². The first-order valence-corrected chi connectivity index (χ1v) is 9.20. The first-order chi connectivity index (χ1) is 11.7. The van der Waals surface area contributed by atoms with E-state index < -0.39 is 6.10 Å². The Hall–Kier alpha value is -1.07. The van der Waals surface area contributed by atoms with E-state index in [1.807, 2.05) is 24.3 Å². The fraction of sp³-hybridized carbons (Fsp3) is 0.579. The van der Waals surface area contributed by atoms with Gasteiger partial charge in [-0.15, -0.1) is 6.58 Å². The number of benzene rings is 1. The van der Waals surface area contributed by atoms with Gasteiger partial charge in [0.25, 0.3) is 0 Å². The number of aliphatic hydroxyl groups excluding tert-OH is 1. The monoisotopic (exact) mass is 352 g/mol. The maximum Gasteiger partial charge on any atom is 0.124 e. The van der Waals surface area contributed by atoms with Gasteiger partial charge in [-0.2, -0.15) is 0 Å². The molecule has 0 aromatic heterocycles. The van der Waals surface area contributed by atoms with E-state index in [4.69, 9.17) is 16.3 Å². The van der Waals surface area contributed by atoms with Crippen molar-refractivity contribution in [2.24, 2.45) is 0 Å². The molecule has 0 radical (unpaired) electrons. The summed E-state index contributed by atoms with van der Waals surface area (Å²) < 4.78 is 5.86. The average molecular weight is 353 g/mol. The Morgan fingerprint density at radius 2 is 2.04 bits per heavy atom. The Morgan fingerprint density at radius 1 is 1.29 bits per heavy atom. The van der Waals surface area contributed by atoms with Crippen molar-refractivity contribution in [2.75, 3.05) is 32.8 Å². The van der Waals surface area contributed by atoms with Crippen LogP contribution in [0.5, 0.6) is 5.75 Å². The number of nitrogens with one attached hydrogen (secondary N) is 1. The van der Waals surface area contributed by atoms with E-state index in [-0.39, 0.29) is 0 Å². The summed E-state index contributed by atoms with van der Waals surface area (Å²) >= 11 is 6.08. The molecule has 0 saturated carbocycles. The zero-order valence-electron chi connectivity index (χ0n) is 14.3. The highest BCUT2D eigenvalue weighted by Crippen LogP contribution is 2.23. The van der Waals surface area contributed by atoms with Crippen LogP contribution < -0.4 is 10.1 Å². The lowest BCUT2D eigenvalue weighted by atomic mass is 10.2. The molecular formula is C19H29ClN2O2. The molecule has 1 aliphatic rings. The van der Waals surface area contributed by atoms with Crippen molar-refractivity contribution in [1.29, 1.82) is 0 Å². The van der Waals surface area contributed by atoms with Crippen LogP contribution in [0.2, 0.25) is 5.02 Å². The highest BCUT2D eigenvalue weighted by molar-refractivity contribution is 6.30. The number of β-amino-alcohol motifs (C(OH)–C–C–N with tert-alkyl or cyclic N) is 1. The summed E-state index contributed by atoms with van der Waals surface area (Å²) in [5, 5.41) is 14.2. The summed E-state index contributed by atoms with van der Waals surface area (Å²) in [6, 6.07) is 5.58. The van der Waals surface area contributed by atoms with Crippen molar-refractivity contribution in [1.82, 2.24) is 10.2 Å². The second-order valence-electron chi connectivity index (χ2n) is 6.35. The lowest BCUT2D eigenvalue weighted by molar-refractivity contribution is 0.0690. The van der Waals surface area contributed by atoms with Gasteiger partial charge in [0.1, 0.15) is 18.5 Å². The molecule has 4 nitrogen and oxygen atoms in total. The molecule has 1 aromatic carbocycles. The maximum absolute atomic E-state index is 10.3. The van der Waals surface area contributed by atoms with Crippen molar-refractivity contribution in [3.63, 3.8) is 0 Å². The van der Waals surface area contributed by atoms with Gasteiger partial charge in [-0.05, 0) is 44.1 Å². The van der Waals surface area contributed by atoms with Crippen LogP contribution >= 0.6 is 11.6 Å². The summed E-state index contributed by atoms with van der Waals surface area (Å²) in [5.74, 6) is 0.769. The Balaban J connectivity index is 1.84. The maximum atomic E-state index is 10.3. The minimum absolute atomic E-state index is 0.298. The van der Waals surface area contributed by atoms with Crippen LogP contribution in [0.1, 0.15) is 31.2 Å². The van der Waals surface area contributed by atoms with Gasteiger partial charge in [-0.25, -0.2) is 0 Å². The first kappa shape index (κ1) is 19.3. The molecule has 1 aromatic rings. The molecule has 5 heteroatoms. The number of rotatable bonds is 9. The number of likely N-dealkylation sites (tertiary alicyclic amines) is 1. The quantitative estimate of drug-likeness (QED) is 0.529. The second-order valence-corrected chi connectivity index (χ2v) is 6.79. The minimum atomic E-state index is -0.479. The van der Waals surface area contributed by atoms with Crippen LogP contribution in [0.15, 0.2) is 30.9 Å². The number of ether oxygens (including phenoxy) is 1. The highest BCUT2D eigenvalue weighted by Gasteiger charge is 2.15. The molecule has 24 heavy (non-hydrogen) atoms. The molecule has 1 heterocycles. The minimum Gasteiger partial charge on any atom is -0.491 e. The van der Waals surface area contributed by atoms with Crippen LogP contribution in [-0.2, 0) is 6.54 Å². The molecule has 0 amide bonds. The molecule has 0 unspecified atom stereocenters. The van der Waals surface area contributed by atoms with Crippen LogP contribution in [0.4, 0.5) is 0 Å². The van der Waals surface area contributed by atoms with E-state index in [0.29, 0.717) is 24.7 Å². The van der Waals surface area contributed by atoms with Gasteiger partial charge in [-0.1, -0.05) is 30.5 Å². The average Bonchev–Trinajstić information content (AvgIpc) is 2.83. The Morgan fingerprint density at radius 3 is 2.75 bits per heavy atom. The molecule has 0 bridgehead atoms. The van der Waals surface area contributed by atoms with Crippen LogP contribution in [0.25, 0.3) is 0 Å². The zero-order chi connectivity index (χ0) is 17.2. The first-order valence-electron chi connectivity index (χ1n) is 8.82. The largest absolute Gasteiger partial charge is 0.491 e. The van der Waals surface area contributed by atoms with Crippen molar-refractivity contribution < 1.29 is 9.84 Å². The van der Waals surface area contributed by atoms with Crippen molar-refractivity contribution in [2.45, 2.75) is 38.3 Å². The molecule has 1 aliphatic heterocycles. The lowest BCUT2D eigenvalue weighted by Crippen LogP contribution is -2.36. The SMILES string of the molecule is C=CCNCc1cc(Cl)ccc1OC[C@@H](O)CN1CCCCCC1. The predicted octanol–water partition coefficient (Wildman–Crippen LogP) is 3.23. The molecule has 1 fully saturated rings. The number of hydrogen-bond donors (Lipinski definition) is 2. The normalized spacial score (nSPS) is 17.2. The van der Waals surface area contributed by atoms with Crippen molar-refractivity contribution in [3.05, 3.63) is 41.4 Å². The third kappa shape index (κ3) is 6.81. The van der Waals surface area contributed by atoms with Crippen LogP contribution in [0, 0.1) is 0 Å². The standard InChI is InChI=1S/C19H29ClN2O2/c1-2-9-21-13-16-12-17(20)7-8-19(16)24-15-18(23)14-22-10-5-3-4-6-11-22/h2,7-8,12,18,21,23H,1,3-6,9-11,13-15H2/t18-/m0/s1. The zero-order valence-corrected chi connectivity index (χ0v) is 15.1. The Kier molecular flexibility index (Phi) is 8.60. The summed E-state index contributed by atoms with van der Waals surface area (Å²) in [4.78, 5) is 2.34. The number of nitrogens with zero attached hydrogens (tertiary/aromatic N) is 1. The lowest BCUT2D eigenvalue weighted by Gasteiger charge is -2.23. The summed E-state index contributed by atoms with van der Waals surface area (Å²) in [7, 11) is 0. The topological polar surface area (TPSA) is 44.7 Å². The smallest absolute Gasteiger partial charge is 0.124 e. The molecule has 2 rings (SSSR count). The molecule has 134 valence electrons. The van der Waals surface area contributed by atoms with E-state index in [0.717, 1.165) is 30.9 Å². The van der Waals surface area contributed by atoms with Gasteiger partial charge >= 0.3 is 0 Å². The van der Waals surface area contributed by atoms with E-state index in [9.17, 15) is 5.11 Å². The fourth-order valence-electron chi connectivity index (χ4n) is 2.99. The molecule has 1 saturated heterocycles. The van der Waals surface area contributed by atoms with Crippen molar-refractivity contribution in [3.8, 4) is 5.75 Å². The predicted molar refractivity (Wildman–Crippen MR) is 99.8 cm³/mol. The van der Waals surface area contributed by atoms with Crippen molar-refractivity contribution >= 4 is 11.6 Å². The third-order valence-corrected chi connectivity index (χ3v) is 4.46. The summed E-state index contributed by atoms with van der Waals surface area (Å²) in [5.41, 5.74) is 0.992. The number of hydrogen-bond acceptors (Lipinski definition) is 4. The van der Waals surface area contributed by atoms with E-state index in [1.165, 1.54) is 25.7 Å². The van der Waals surface area contributed by atoms with Gasteiger partial charge in [0.05, 0.1) is 0 Å². The van der Waals surface area contributed by atoms with Gasteiger partial charge in [0, 0.05) is 30.2 Å². The molecule has 2 N–H and O–H groups in total. The van der Waals surface area contributed by atoms with Gasteiger partial charge < -0.3 is 20.1 Å². The molecule has 0 aliphatic carbocycles. The molecule has 0 spiro atoms. The third-order valence-electron chi connectivity index (χ3n) is 4.23. The van der Waals surface area contributed by atoms with Crippen LogP contribution in [0.3, 0.4) is 0 Å². The highest BCUT2D eigenvalue weighted by atomic mass is 35.5. The fourth-order valence-corrected chi connectivity index (χ4v) is 3.19. The second kappa shape index (κ2) is 10.7. The summed E-state index contributed by atoms with van der Waals surface area (Å²) in [6.07, 6.45) is 6.39. The number of aliphatic hydroxyl groups is 1. The van der Waals surface area contributed by atoms with E-state index >= 15 is 0 Å². The van der Waals surface area contributed by atoms with E-state index in [1.54, 1.807) is 0 Å². The summed E-state index contributed by atoms with van der Waals surface area (Å²) in [6.45, 7) is 8.21. The van der Waals surface area contributed by atoms with E-state index in [2.05, 4.69) is 16.8 Å². The van der Waals surface area contributed by atoms with Crippen LogP contribution in [-0.4, -0.2) is 48.9 Å².